The SMILES string of the molecule is O=c1c2ncccc2nnn1[P+](N1CCCC1)(N1CCCC1)N1CCCC1. The summed E-state index contributed by atoms with van der Waals surface area (Å²) in [6, 6.07) is 3.63. The molecule has 0 amide bonds. The van der Waals surface area contributed by atoms with Crippen molar-refractivity contribution in [3.8, 4) is 0 Å². The Morgan fingerprint density at radius 2 is 1.33 bits per heavy atom. The van der Waals surface area contributed by atoms with Crippen LogP contribution >= 0.6 is 7.87 Å². The Morgan fingerprint density at radius 1 is 0.815 bits per heavy atom. The molecule has 0 spiro atoms. The molecule has 0 atom stereocenters. The van der Waals surface area contributed by atoms with E-state index in [1.54, 1.807) is 10.6 Å². The molecule has 27 heavy (non-hydrogen) atoms. The molecular formula is C18H27N7OP+. The van der Waals surface area contributed by atoms with Crippen LogP contribution in [0, 0.1) is 0 Å². The van der Waals surface area contributed by atoms with E-state index in [-0.39, 0.29) is 5.56 Å². The third-order valence-electron chi connectivity index (χ3n) is 6.05. The Hall–Kier alpha value is -1.47. The zero-order valence-electron chi connectivity index (χ0n) is 15.7. The lowest BCUT2D eigenvalue weighted by Gasteiger charge is -2.41. The Labute approximate surface area is 159 Å². The summed E-state index contributed by atoms with van der Waals surface area (Å²) in [7, 11) is -2.24. The second-order valence-corrected chi connectivity index (χ2v) is 10.8. The number of rotatable bonds is 4. The van der Waals surface area contributed by atoms with E-state index >= 15 is 0 Å². The summed E-state index contributed by atoms with van der Waals surface area (Å²) in [6.45, 7) is 6.22. The second kappa shape index (κ2) is 7.17. The van der Waals surface area contributed by atoms with E-state index in [9.17, 15) is 4.79 Å². The average Bonchev–Trinajstić information content (AvgIpc) is 3.48. The first kappa shape index (κ1) is 17.6. The first-order valence-corrected chi connectivity index (χ1v) is 11.8. The van der Waals surface area contributed by atoms with Crippen LogP contribution in [0.2, 0.25) is 0 Å². The molecule has 0 aromatic carbocycles. The van der Waals surface area contributed by atoms with Gasteiger partial charge in [-0.1, -0.05) is 0 Å². The molecule has 5 rings (SSSR count). The molecule has 3 aliphatic rings. The lowest BCUT2D eigenvalue weighted by atomic mass is 10.4. The number of nitrogens with zero attached hydrogens (tertiary/aromatic N) is 7. The smallest absolute Gasteiger partial charge is 0.261 e. The van der Waals surface area contributed by atoms with E-state index < -0.39 is 7.87 Å². The Bertz CT molecular complexity index is 829. The number of fused-ring (bicyclic) bond motifs is 1. The van der Waals surface area contributed by atoms with Crippen LogP contribution < -0.4 is 5.56 Å². The van der Waals surface area contributed by atoms with Crippen LogP contribution in [0.5, 0.6) is 0 Å². The summed E-state index contributed by atoms with van der Waals surface area (Å²) in [5.74, 6) is 0. The van der Waals surface area contributed by atoms with Gasteiger partial charge in [-0.2, -0.15) is 0 Å². The molecule has 3 aliphatic heterocycles. The predicted octanol–water partition coefficient (Wildman–Crippen LogP) is 2.00. The second-order valence-electron chi connectivity index (χ2n) is 7.67. The highest BCUT2D eigenvalue weighted by Gasteiger charge is 2.62. The Balaban J connectivity index is 1.76. The molecule has 0 unspecified atom stereocenters. The van der Waals surface area contributed by atoms with Gasteiger partial charge in [-0.05, 0) is 60.3 Å². The molecule has 0 radical (unpaired) electrons. The van der Waals surface area contributed by atoms with Crippen LogP contribution in [-0.4, -0.2) is 73.0 Å². The molecule has 3 saturated heterocycles. The van der Waals surface area contributed by atoms with Crippen LogP contribution in [0.1, 0.15) is 38.5 Å². The zero-order valence-corrected chi connectivity index (χ0v) is 16.6. The maximum Gasteiger partial charge on any atom is 0.359 e. The fourth-order valence-electron chi connectivity index (χ4n) is 4.85. The van der Waals surface area contributed by atoms with Crippen molar-refractivity contribution in [2.45, 2.75) is 38.5 Å². The van der Waals surface area contributed by atoms with E-state index in [2.05, 4.69) is 29.3 Å². The summed E-state index contributed by atoms with van der Waals surface area (Å²) >= 11 is 0. The molecule has 3 fully saturated rings. The van der Waals surface area contributed by atoms with Crippen molar-refractivity contribution in [1.29, 1.82) is 0 Å². The Morgan fingerprint density at radius 3 is 1.85 bits per heavy atom. The average molecular weight is 388 g/mol. The van der Waals surface area contributed by atoms with E-state index in [0.29, 0.717) is 11.0 Å². The van der Waals surface area contributed by atoms with Crippen LogP contribution in [0.3, 0.4) is 0 Å². The van der Waals surface area contributed by atoms with Crippen molar-refractivity contribution in [2.75, 3.05) is 39.3 Å². The third kappa shape index (κ3) is 2.73. The van der Waals surface area contributed by atoms with E-state index in [1.165, 1.54) is 38.5 Å². The topological polar surface area (TPSA) is 70.4 Å². The van der Waals surface area contributed by atoms with Crippen molar-refractivity contribution in [1.82, 2.24) is 33.8 Å². The maximum absolute atomic E-state index is 13.6. The van der Waals surface area contributed by atoms with Gasteiger partial charge < -0.3 is 0 Å². The fourth-order valence-corrected chi connectivity index (χ4v) is 9.58. The van der Waals surface area contributed by atoms with Gasteiger partial charge in [0, 0.05) is 45.5 Å². The van der Waals surface area contributed by atoms with Crippen molar-refractivity contribution < 1.29 is 0 Å². The third-order valence-corrected chi connectivity index (χ3v) is 10.3. The number of hydrogen-bond donors (Lipinski definition) is 0. The van der Waals surface area contributed by atoms with Gasteiger partial charge in [-0.15, -0.1) is 19.1 Å². The quantitative estimate of drug-likeness (QED) is 0.742. The van der Waals surface area contributed by atoms with Gasteiger partial charge in [-0.25, -0.2) is 4.98 Å². The highest BCUT2D eigenvalue weighted by Crippen LogP contribution is 2.69. The van der Waals surface area contributed by atoms with Gasteiger partial charge in [0.2, 0.25) is 0 Å². The molecule has 0 saturated carbocycles. The highest BCUT2D eigenvalue weighted by atomic mass is 31.2. The van der Waals surface area contributed by atoms with Crippen molar-refractivity contribution in [3.63, 3.8) is 0 Å². The van der Waals surface area contributed by atoms with Gasteiger partial charge in [0.05, 0.1) is 0 Å². The minimum atomic E-state index is -2.24. The van der Waals surface area contributed by atoms with Crippen molar-refractivity contribution >= 4 is 18.9 Å². The highest BCUT2D eigenvalue weighted by molar-refractivity contribution is 7.67. The van der Waals surface area contributed by atoms with Gasteiger partial charge in [0.1, 0.15) is 5.52 Å². The number of hydrogen-bond acceptors (Lipinski definition) is 7. The van der Waals surface area contributed by atoms with Gasteiger partial charge in [-0.3, -0.25) is 4.79 Å². The summed E-state index contributed by atoms with van der Waals surface area (Å²) in [6.07, 6.45) is 8.83. The standard InChI is InChI=1S/C18H27N7OP/c26-18-17-16(8-7-9-19-17)20-21-25(18)27(22-10-1-2-11-22,23-12-3-4-13-23)24-14-5-6-15-24/h7-9H,1-6,10-15H2/q+1. The van der Waals surface area contributed by atoms with E-state index in [0.717, 1.165) is 39.3 Å². The molecule has 0 N–H and O–H groups in total. The lowest BCUT2D eigenvalue weighted by molar-refractivity contribution is 0.352. The summed E-state index contributed by atoms with van der Waals surface area (Å²) in [5.41, 5.74) is 0.940. The van der Waals surface area contributed by atoms with Gasteiger partial charge in [0.15, 0.2) is 5.52 Å². The number of pyridine rings is 1. The van der Waals surface area contributed by atoms with E-state index in [4.69, 9.17) is 0 Å². The first-order chi connectivity index (χ1) is 13.3. The lowest BCUT2D eigenvalue weighted by Crippen LogP contribution is -2.49. The van der Waals surface area contributed by atoms with Crippen molar-refractivity contribution in [3.05, 3.63) is 28.7 Å². The molecule has 2 aromatic rings. The summed E-state index contributed by atoms with van der Waals surface area (Å²) in [5, 5.41) is 8.97. The van der Waals surface area contributed by atoms with Gasteiger partial charge in [0.25, 0.3) is 0 Å². The van der Waals surface area contributed by atoms with Crippen LogP contribution in [0.15, 0.2) is 23.1 Å². The predicted molar refractivity (Wildman–Crippen MR) is 106 cm³/mol. The molecule has 0 aliphatic carbocycles. The minimum absolute atomic E-state index is 0.0837. The molecule has 144 valence electrons. The zero-order chi connectivity index (χ0) is 18.3. The molecule has 9 heteroatoms. The minimum Gasteiger partial charge on any atom is -0.261 e. The van der Waals surface area contributed by atoms with Crippen molar-refractivity contribution in [2.24, 2.45) is 0 Å². The van der Waals surface area contributed by atoms with Crippen LogP contribution in [0.25, 0.3) is 11.0 Å². The molecule has 8 nitrogen and oxygen atoms in total. The Kier molecular flexibility index (Phi) is 4.68. The summed E-state index contributed by atoms with van der Waals surface area (Å²) < 4.78 is 9.50. The maximum atomic E-state index is 13.6. The summed E-state index contributed by atoms with van der Waals surface area (Å²) in [4.78, 5) is 18.0. The molecule has 5 heterocycles. The van der Waals surface area contributed by atoms with Gasteiger partial charge >= 0.3 is 13.4 Å². The fraction of sp³-hybridized carbons (Fsp3) is 0.667. The molecular weight excluding hydrogens is 361 g/mol. The first-order valence-electron chi connectivity index (χ1n) is 10.2. The van der Waals surface area contributed by atoms with Crippen LogP contribution in [-0.2, 0) is 0 Å². The monoisotopic (exact) mass is 388 g/mol. The largest absolute Gasteiger partial charge is 0.359 e. The number of aromatic nitrogens is 4. The molecule has 2 aromatic heterocycles. The molecule has 0 bridgehead atoms. The van der Waals surface area contributed by atoms with Crippen LogP contribution in [0.4, 0.5) is 0 Å². The normalized spacial score (nSPS) is 23.0. The van der Waals surface area contributed by atoms with E-state index in [1.807, 2.05) is 12.1 Å².